The van der Waals surface area contributed by atoms with Gasteiger partial charge in [0, 0.05) is 16.3 Å². The molecule has 35 heavy (non-hydrogen) atoms. The molecule has 9 nitrogen and oxygen atoms in total. The van der Waals surface area contributed by atoms with Crippen LogP contribution in [0.4, 0.5) is 11.4 Å². The Morgan fingerprint density at radius 2 is 1.83 bits per heavy atom. The number of nitro groups is 1. The molecule has 4 rings (SSSR count). The first-order valence-corrected chi connectivity index (χ1v) is 11.8. The average Bonchev–Trinajstić information content (AvgIpc) is 3.27. The first-order valence-electron chi connectivity index (χ1n) is 10.4. The van der Waals surface area contributed by atoms with Crippen molar-refractivity contribution < 1.29 is 14.5 Å². The number of thioether (sulfide) groups is 1. The molecule has 0 saturated heterocycles. The zero-order chi connectivity index (χ0) is 24.9. The van der Waals surface area contributed by atoms with Gasteiger partial charge in [-0.2, -0.15) is 0 Å². The zero-order valence-electron chi connectivity index (χ0n) is 18.8. The van der Waals surface area contributed by atoms with E-state index >= 15 is 0 Å². The minimum atomic E-state index is -0.572. The molecule has 0 aliphatic rings. The van der Waals surface area contributed by atoms with E-state index in [0.717, 1.165) is 16.8 Å². The number of nitro benzene ring substituents is 1. The molecular weight excluding hydrogens is 490 g/mol. The van der Waals surface area contributed by atoms with Crippen LogP contribution in [-0.2, 0) is 4.79 Å². The highest BCUT2D eigenvalue weighted by Crippen LogP contribution is 2.31. The molecule has 1 aromatic heterocycles. The molecular formula is C24H20ClN5O4S. The smallest absolute Gasteiger partial charge is 0.296 e. The number of anilines is 1. The van der Waals surface area contributed by atoms with E-state index in [1.807, 2.05) is 47.9 Å². The summed E-state index contributed by atoms with van der Waals surface area (Å²) in [5.74, 6) is 0.465. The Bertz CT molecular complexity index is 1370. The fourth-order valence-electron chi connectivity index (χ4n) is 3.29. The number of amides is 1. The van der Waals surface area contributed by atoms with E-state index in [2.05, 4.69) is 15.5 Å². The third kappa shape index (κ3) is 5.61. The van der Waals surface area contributed by atoms with Gasteiger partial charge in [0.05, 0.1) is 23.9 Å². The maximum Gasteiger partial charge on any atom is 0.296 e. The van der Waals surface area contributed by atoms with Crippen molar-refractivity contribution in [2.75, 3.05) is 18.2 Å². The number of methoxy groups -OCH3 is 1. The van der Waals surface area contributed by atoms with Crippen molar-refractivity contribution in [1.82, 2.24) is 14.8 Å². The van der Waals surface area contributed by atoms with Crippen molar-refractivity contribution in [3.05, 3.63) is 87.4 Å². The largest absolute Gasteiger partial charge is 0.496 e. The van der Waals surface area contributed by atoms with Crippen LogP contribution >= 0.6 is 23.4 Å². The number of halogens is 1. The van der Waals surface area contributed by atoms with Gasteiger partial charge in [-0.25, -0.2) is 0 Å². The number of nitrogens with one attached hydrogen (secondary N) is 1. The third-order valence-electron chi connectivity index (χ3n) is 5.04. The summed E-state index contributed by atoms with van der Waals surface area (Å²) in [6.45, 7) is 1.99. The maximum atomic E-state index is 12.7. The second-order valence-electron chi connectivity index (χ2n) is 7.46. The molecule has 1 heterocycles. The first kappa shape index (κ1) is 24.2. The number of hydrogen-bond donors (Lipinski definition) is 1. The monoisotopic (exact) mass is 509 g/mol. The minimum absolute atomic E-state index is 0.0339. The van der Waals surface area contributed by atoms with Gasteiger partial charge in [-0.1, -0.05) is 41.1 Å². The topological polar surface area (TPSA) is 112 Å². The van der Waals surface area contributed by atoms with Crippen LogP contribution in [0.1, 0.15) is 5.56 Å². The van der Waals surface area contributed by atoms with E-state index in [0.29, 0.717) is 21.8 Å². The number of ether oxygens (including phenoxy) is 1. The van der Waals surface area contributed by atoms with E-state index in [4.69, 9.17) is 16.3 Å². The normalized spacial score (nSPS) is 10.7. The molecule has 4 aromatic rings. The molecule has 178 valence electrons. The third-order valence-corrected chi connectivity index (χ3v) is 6.22. The molecule has 11 heteroatoms. The first-order chi connectivity index (χ1) is 16.9. The fourth-order valence-corrected chi connectivity index (χ4v) is 4.17. The van der Waals surface area contributed by atoms with E-state index in [1.54, 1.807) is 18.2 Å². The minimum Gasteiger partial charge on any atom is -0.496 e. The summed E-state index contributed by atoms with van der Waals surface area (Å²) >= 11 is 7.21. The summed E-state index contributed by atoms with van der Waals surface area (Å²) in [4.78, 5) is 23.5. The van der Waals surface area contributed by atoms with Gasteiger partial charge in [0.2, 0.25) is 5.91 Å². The second kappa shape index (κ2) is 10.6. The number of benzene rings is 3. The lowest BCUT2D eigenvalue weighted by Gasteiger charge is -2.11. The van der Waals surface area contributed by atoms with E-state index < -0.39 is 10.8 Å². The lowest BCUT2D eigenvalue weighted by atomic mass is 10.2. The van der Waals surface area contributed by atoms with Crippen LogP contribution in [0, 0.1) is 17.0 Å². The summed E-state index contributed by atoms with van der Waals surface area (Å²) in [5, 5.41) is 23.7. The lowest BCUT2D eigenvalue weighted by Crippen LogP contribution is -2.15. The Kier molecular flexibility index (Phi) is 7.33. The molecule has 0 fully saturated rings. The molecule has 0 aliphatic heterocycles. The molecule has 0 aliphatic carbocycles. The highest BCUT2D eigenvalue weighted by atomic mass is 35.5. The predicted octanol–water partition coefficient (Wildman–Crippen LogP) is 5.54. The highest BCUT2D eigenvalue weighted by molar-refractivity contribution is 7.99. The van der Waals surface area contributed by atoms with Crippen molar-refractivity contribution >= 4 is 40.6 Å². The Hall–Kier alpha value is -3.89. The number of carbonyl (C=O) groups is 1. The Balaban J connectivity index is 1.59. The Labute approximate surface area is 210 Å². The molecule has 0 atom stereocenters. The average molecular weight is 510 g/mol. The van der Waals surface area contributed by atoms with Gasteiger partial charge >= 0.3 is 0 Å². The van der Waals surface area contributed by atoms with Crippen molar-refractivity contribution in [2.45, 2.75) is 12.1 Å². The second-order valence-corrected chi connectivity index (χ2v) is 8.84. The summed E-state index contributed by atoms with van der Waals surface area (Å²) in [5.41, 5.74) is 2.58. The standard InChI is InChI=1S/C24H20ClN5O4S/c1-15-3-9-18(10-4-15)29-23(16-5-7-17(25)8-6-16)27-28-24(29)35-14-22(31)26-20-12-11-19(34-2)13-21(20)30(32)33/h3-13H,14H2,1-2H3,(H,26,31). The molecule has 0 spiro atoms. The Morgan fingerprint density at radius 1 is 1.11 bits per heavy atom. The van der Waals surface area contributed by atoms with Crippen molar-refractivity contribution in [3.8, 4) is 22.8 Å². The molecule has 0 unspecified atom stereocenters. The number of aromatic nitrogens is 3. The van der Waals surface area contributed by atoms with Crippen LogP contribution in [0.15, 0.2) is 71.9 Å². The predicted molar refractivity (Wildman–Crippen MR) is 136 cm³/mol. The van der Waals surface area contributed by atoms with Crippen LogP contribution in [0.3, 0.4) is 0 Å². The van der Waals surface area contributed by atoms with Gasteiger partial charge in [-0.05, 0) is 55.5 Å². The van der Waals surface area contributed by atoms with Gasteiger partial charge in [-0.15, -0.1) is 10.2 Å². The van der Waals surface area contributed by atoms with Gasteiger partial charge in [0.25, 0.3) is 5.69 Å². The number of hydrogen-bond acceptors (Lipinski definition) is 7. The molecule has 0 bridgehead atoms. The van der Waals surface area contributed by atoms with Gasteiger partial charge in [0.15, 0.2) is 11.0 Å². The van der Waals surface area contributed by atoms with Gasteiger partial charge < -0.3 is 10.1 Å². The fraction of sp³-hybridized carbons (Fsp3) is 0.125. The lowest BCUT2D eigenvalue weighted by molar-refractivity contribution is -0.384. The number of aryl methyl sites for hydroxylation is 1. The quantitative estimate of drug-likeness (QED) is 0.188. The molecule has 0 radical (unpaired) electrons. The van der Waals surface area contributed by atoms with E-state index in [9.17, 15) is 14.9 Å². The summed E-state index contributed by atoms with van der Waals surface area (Å²) in [7, 11) is 1.41. The van der Waals surface area contributed by atoms with Crippen molar-refractivity contribution in [3.63, 3.8) is 0 Å². The molecule has 1 amide bonds. The van der Waals surface area contributed by atoms with Crippen LogP contribution in [0.2, 0.25) is 5.02 Å². The highest BCUT2D eigenvalue weighted by Gasteiger charge is 2.20. The van der Waals surface area contributed by atoms with Crippen LogP contribution in [0.25, 0.3) is 17.1 Å². The maximum absolute atomic E-state index is 12.7. The number of carbonyl (C=O) groups excluding carboxylic acids is 1. The zero-order valence-corrected chi connectivity index (χ0v) is 20.3. The molecule has 0 saturated carbocycles. The van der Waals surface area contributed by atoms with Crippen LogP contribution in [0.5, 0.6) is 5.75 Å². The Morgan fingerprint density at radius 3 is 2.49 bits per heavy atom. The molecule has 3 aromatic carbocycles. The SMILES string of the molecule is COc1ccc(NC(=O)CSc2nnc(-c3ccc(Cl)cc3)n2-c2ccc(C)cc2)c([N+](=O)[O-])c1. The number of nitrogens with zero attached hydrogens (tertiary/aromatic N) is 4. The van der Waals surface area contributed by atoms with E-state index in [1.165, 1.54) is 31.0 Å². The van der Waals surface area contributed by atoms with Gasteiger partial charge in [-0.3, -0.25) is 19.5 Å². The molecule has 1 N–H and O–H groups in total. The van der Waals surface area contributed by atoms with Crippen molar-refractivity contribution in [2.24, 2.45) is 0 Å². The van der Waals surface area contributed by atoms with Crippen LogP contribution < -0.4 is 10.1 Å². The summed E-state index contributed by atoms with van der Waals surface area (Å²) in [6, 6.07) is 19.3. The van der Waals surface area contributed by atoms with Crippen LogP contribution in [-0.4, -0.2) is 38.5 Å². The van der Waals surface area contributed by atoms with Crippen molar-refractivity contribution in [1.29, 1.82) is 0 Å². The summed E-state index contributed by atoms with van der Waals surface area (Å²) < 4.78 is 6.89. The number of rotatable bonds is 8. The van der Waals surface area contributed by atoms with Gasteiger partial charge in [0.1, 0.15) is 11.4 Å². The van der Waals surface area contributed by atoms with E-state index in [-0.39, 0.29) is 17.1 Å². The summed E-state index contributed by atoms with van der Waals surface area (Å²) in [6.07, 6.45) is 0.